The van der Waals surface area contributed by atoms with E-state index in [-0.39, 0.29) is 17.0 Å². The number of carbonyl (C=O) groups excluding carboxylic acids is 2. The molecule has 0 bridgehead atoms. The number of nitrogens with one attached hydrogen (secondary N) is 1. The Kier molecular flexibility index (Phi) is 5.30. The van der Waals surface area contributed by atoms with Gasteiger partial charge in [0.25, 0.3) is 11.8 Å². The third-order valence-electron chi connectivity index (χ3n) is 4.63. The molecule has 2 amide bonds. The second-order valence-corrected chi connectivity index (χ2v) is 7.58. The first-order valence-electron chi connectivity index (χ1n) is 8.98. The number of aromatic nitrogens is 2. The monoisotopic (exact) mass is 414 g/mol. The molecule has 3 aromatic rings. The molecule has 6 nitrogen and oxygen atoms in total. The third-order valence-corrected chi connectivity index (χ3v) is 5.65. The first kappa shape index (κ1) is 19.1. The summed E-state index contributed by atoms with van der Waals surface area (Å²) < 4.78 is 26.1. The smallest absolute Gasteiger partial charge is 0.286 e. The van der Waals surface area contributed by atoms with Crippen molar-refractivity contribution in [1.82, 2.24) is 15.1 Å². The van der Waals surface area contributed by atoms with Crippen molar-refractivity contribution in [3.05, 3.63) is 75.7 Å². The molecule has 2 heterocycles. The molecule has 1 N–H and O–H groups in total. The third kappa shape index (κ3) is 4.14. The molecule has 0 saturated carbocycles. The second kappa shape index (κ2) is 8.04. The van der Waals surface area contributed by atoms with Crippen LogP contribution in [0.5, 0.6) is 0 Å². The lowest BCUT2D eigenvalue weighted by molar-refractivity contribution is 0.0735. The van der Waals surface area contributed by atoms with Gasteiger partial charge in [-0.25, -0.2) is 8.78 Å². The summed E-state index contributed by atoms with van der Waals surface area (Å²) in [6.07, 6.45) is 1.51. The van der Waals surface area contributed by atoms with Gasteiger partial charge in [-0.15, -0.1) is 10.2 Å². The van der Waals surface area contributed by atoms with Crippen LogP contribution >= 0.6 is 11.3 Å². The number of halogens is 2. The van der Waals surface area contributed by atoms with Gasteiger partial charge in [0, 0.05) is 17.8 Å². The summed E-state index contributed by atoms with van der Waals surface area (Å²) in [6.45, 7) is 0.553. The van der Waals surface area contributed by atoms with Gasteiger partial charge in [-0.2, -0.15) is 0 Å². The highest BCUT2D eigenvalue weighted by Crippen LogP contribution is 2.34. The van der Waals surface area contributed by atoms with Crippen LogP contribution in [0.15, 0.2) is 48.5 Å². The minimum absolute atomic E-state index is 0.158. The molecule has 1 aliphatic heterocycles. The van der Waals surface area contributed by atoms with Crippen molar-refractivity contribution in [2.24, 2.45) is 0 Å². The van der Waals surface area contributed by atoms with E-state index in [9.17, 15) is 18.4 Å². The lowest BCUT2D eigenvalue weighted by Gasteiger charge is -2.22. The second-order valence-electron chi connectivity index (χ2n) is 6.57. The fourth-order valence-electron chi connectivity index (χ4n) is 3.20. The standard InChI is InChI=1S/C20H16F2N4O2S/c21-13-5-3-12(4-6-13)20(28)26-11-1-2-16(26)18-24-25-19(29-18)17(27)23-15-9-7-14(22)8-10-15/h3-10,16H,1-2,11H2,(H,23,27). The van der Waals surface area contributed by atoms with E-state index < -0.39 is 17.5 Å². The van der Waals surface area contributed by atoms with Crippen molar-refractivity contribution in [3.8, 4) is 0 Å². The Morgan fingerprint density at radius 1 is 1.00 bits per heavy atom. The van der Waals surface area contributed by atoms with E-state index in [1.54, 1.807) is 4.90 Å². The molecule has 1 atom stereocenters. The average molecular weight is 414 g/mol. The molecule has 0 radical (unpaired) electrons. The molecule has 2 aromatic carbocycles. The molecule has 9 heteroatoms. The van der Waals surface area contributed by atoms with Crippen LogP contribution in [0.25, 0.3) is 0 Å². The van der Waals surface area contributed by atoms with Crippen LogP contribution < -0.4 is 5.32 Å². The average Bonchev–Trinajstić information content (AvgIpc) is 3.39. The fraction of sp³-hybridized carbons (Fsp3) is 0.200. The molecule has 148 valence electrons. The summed E-state index contributed by atoms with van der Waals surface area (Å²) in [6, 6.07) is 10.5. The largest absolute Gasteiger partial charge is 0.329 e. The summed E-state index contributed by atoms with van der Waals surface area (Å²) in [5.41, 5.74) is 0.847. The van der Waals surface area contributed by atoms with E-state index in [2.05, 4.69) is 15.5 Å². The van der Waals surface area contributed by atoms with Crippen LogP contribution in [0.2, 0.25) is 0 Å². The Morgan fingerprint density at radius 2 is 1.66 bits per heavy atom. The molecule has 29 heavy (non-hydrogen) atoms. The molecule has 1 unspecified atom stereocenters. The van der Waals surface area contributed by atoms with Gasteiger partial charge < -0.3 is 10.2 Å². The number of carbonyl (C=O) groups is 2. The maximum atomic E-state index is 13.1. The topological polar surface area (TPSA) is 75.2 Å². The number of hydrogen-bond acceptors (Lipinski definition) is 5. The quantitative estimate of drug-likeness (QED) is 0.699. The van der Waals surface area contributed by atoms with Gasteiger partial charge in [0.15, 0.2) is 0 Å². The maximum absolute atomic E-state index is 13.1. The minimum Gasteiger partial charge on any atom is -0.329 e. The maximum Gasteiger partial charge on any atom is 0.286 e. The summed E-state index contributed by atoms with van der Waals surface area (Å²) in [4.78, 5) is 26.9. The number of nitrogens with zero attached hydrogens (tertiary/aromatic N) is 3. The van der Waals surface area contributed by atoms with Crippen LogP contribution in [0, 0.1) is 11.6 Å². The van der Waals surface area contributed by atoms with Crippen molar-refractivity contribution < 1.29 is 18.4 Å². The zero-order valence-electron chi connectivity index (χ0n) is 15.1. The molecule has 1 fully saturated rings. The number of likely N-dealkylation sites (tertiary alicyclic amines) is 1. The highest BCUT2D eigenvalue weighted by Gasteiger charge is 2.33. The summed E-state index contributed by atoms with van der Waals surface area (Å²) in [5.74, 6) is -1.46. The summed E-state index contributed by atoms with van der Waals surface area (Å²) in [5, 5.41) is 11.4. The van der Waals surface area contributed by atoms with E-state index in [0.717, 1.165) is 17.8 Å². The predicted molar refractivity (Wildman–Crippen MR) is 104 cm³/mol. The molecule has 1 aromatic heterocycles. The molecule has 0 aliphatic carbocycles. The zero-order valence-corrected chi connectivity index (χ0v) is 16.0. The van der Waals surface area contributed by atoms with Crippen LogP contribution in [-0.4, -0.2) is 33.5 Å². The first-order chi connectivity index (χ1) is 14.0. The first-order valence-corrected chi connectivity index (χ1v) is 9.80. The highest BCUT2D eigenvalue weighted by molar-refractivity contribution is 7.13. The number of rotatable bonds is 4. The van der Waals surface area contributed by atoms with Crippen molar-refractivity contribution in [3.63, 3.8) is 0 Å². The number of benzene rings is 2. The Bertz CT molecular complexity index is 1040. The molecular formula is C20H16F2N4O2S. The van der Waals surface area contributed by atoms with Crippen LogP contribution in [0.1, 0.15) is 44.1 Å². The van der Waals surface area contributed by atoms with Crippen LogP contribution in [0.3, 0.4) is 0 Å². The van der Waals surface area contributed by atoms with Gasteiger partial charge in [0.1, 0.15) is 16.6 Å². The Morgan fingerprint density at radius 3 is 2.34 bits per heavy atom. The lowest BCUT2D eigenvalue weighted by Crippen LogP contribution is -2.30. The van der Waals surface area contributed by atoms with Gasteiger partial charge in [0.05, 0.1) is 6.04 Å². The Labute approximate surface area is 169 Å². The predicted octanol–water partition coefficient (Wildman–Crippen LogP) is 4.05. The lowest BCUT2D eigenvalue weighted by atomic mass is 10.1. The van der Waals surface area contributed by atoms with Crippen molar-refractivity contribution >= 4 is 28.8 Å². The van der Waals surface area contributed by atoms with E-state index in [1.165, 1.54) is 48.5 Å². The molecule has 4 rings (SSSR count). The van der Waals surface area contributed by atoms with Crippen LogP contribution in [0.4, 0.5) is 14.5 Å². The normalized spacial score (nSPS) is 16.1. The van der Waals surface area contributed by atoms with Crippen molar-refractivity contribution in [2.75, 3.05) is 11.9 Å². The van der Waals surface area contributed by atoms with Crippen molar-refractivity contribution in [2.45, 2.75) is 18.9 Å². The Balaban J connectivity index is 1.49. The van der Waals surface area contributed by atoms with Gasteiger partial charge in [-0.3, -0.25) is 9.59 Å². The SMILES string of the molecule is O=C(Nc1ccc(F)cc1)c1nnc(C2CCCN2C(=O)c2ccc(F)cc2)s1. The highest BCUT2D eigenvalue weighted by atomic mass is 32.1. The molecule has 1 saturated heterocycles. The van der Waals surface area contributed by atoms with E-state index in [4.69, 9.17) is 0 Å². The summed E-state index contributed by atoms with van der Waals surface area (Å²) >= 11 is 1.12. The van der Waals surface area contributed by atoms with E-state index in [1.807, 2.05) is 0 Å². The Hall–Kier alpha value is -3.20. The van der Waals surface area contributed by atoms with E-state index in [0.29, 0.717) is 29.2 Å². The molecule has 0 spiro atoms. The van der Waals surface area contributed by atoms with Gasteiger partial charge >= 0.3 is 0 Å². The number of amides is 2. The van der Waals surface area contributed by atoms with Gasteiger partial charge in [-0.05, 0) is 61.4 Å². The summed E-state index contributed by atoms with van der Waals surface area (Å²) in [7, 11) is 0. The van der Waals surface area contributed by atoms with Crippen molar-refractivity contribution in [1.29, 1.82) is 0 Å². The molecular weight excluding hydrogens is 398 g/mol. The van der Waals surface area contributed by atoms with E-state index >= 15 is 0 Å². The van der Waals surface area contributed by atoms with Gasteiger partial charge in [0.2, 0.25) is 5.01 Å². The van der Waals surface area contributed by atoms with Crippen LogP contribution in [-0.2, 0) is 0 Å². The van der Waals surface area contributed by atoms with Gasteiger partial charge in [-0.1, -0.05) is 11.3 Å². The fourth-order valence-corrected chi connectivity index (χ4v) is 4.09. The molecule has 1 aliphatic rings. The minimum atomic E-state index is -0.449. The zero-order chi connectivity index (χ0) is 20.4. The number of hydrogen-bond donors (Lipinski definition) is 1. The number of anilines is 1.